The molecule has 5 nitrogen and oxygen atoms in total. The van der Waals surface area contributed by atoms with E-state index in [1.54, 1.807) is 0 Å². The molecular weight excluding hydrogens is 259 g/mol. The first kappa shape index (κ1) is 12.3. The summed E-state index contributed by atoms with van der Waals surface area (Å²) in [4.78, 5) is 19.4. The maximum atomic E-state index is 13.0. The number of rotatable bonds is 2. The molecule has 0 aliphatic heterocycles. The van der Waals surface area contributed by atoms with E-state index >= 15 is 0 Å². The van der Waals surface area contributed by atoms with Crippen LogP contribution in [-0.4, -0.2) is 15.9 Å². The fraction of sp³-hybridized carbons (Fsp3) is 0. The predicted molar refractivity (Wildman–Crippen MR) is 65.8 cm³/mol. The number of hydrogen-bond donors (Lipinski definition) is 2. The molecule has 1 aromatic carbocycles. The van der Waals surface area contributed by atoms with Gasteiger partial charge in [-0.1, -0.05) is 11.6 Å². The summed E-state index contributed by atoms with van der Waals surface area (Å²) in [5, 5.41) is 2.56. The molecule has 0 fully saturated rings. The van der Waals surface area contributed by atoms with Crippen molar-refractivity contribution in [1.29, 1.82) is 0 Å². The van der Waals surface area contributed by atoms with Crippen LogP contribution in [0.3, 0.4) is 0 Å². The summed E-state index contributed by atoms with van der Waals surface area (Å²) in [6, 6.07) is 4.98. The van der Waals surface area contributed by atoms with Crippen LogP contribution in [0.15, 0.2) is 30.5 Å². The summed E-state index contributed by atoms with van der Waals surface area (Å²) in [6.07, 6.45) is 1.39. The average molecular weight is 267 g/mol. The summed E-state index contributed by atoms with van der Waals surface area (Å²) in [5.74, 6) is -1.13. The zero-order valence-corrected chi connectivity index (χ0v) is 9.78. The smallest absolute Gasteiger partial charge is 0.260 e. The van der Waals surface area contributed by atoms with E-state index in [-0.39, 0.29) is 22.4 Å². The quantitative estimate of drug-likeness (QED) is 0.644. The van der Waals surface area contributed by atoms with E-state index in [9.17, 15) is 9.18 Å². The van der Waals surface area contributed by atoms with Crippen molar-refractivity contribution in [3.05, 3.63) is 47.0 Å². The Labute approximate surface area is 107 Å². The number of nitrogens with two attached hydrogens (primary N) is 1. The minimum atomic E-state index is -0.603. The lowest BCUT2D eigenvalue weighted by Crippen LogP contribution is -2.16. The van der Waals surface area contributed by atoms with Crippen LogP contribution in [0.4, 0.5) is 16.0 Å². The normalized spacial score (nSPS) is 10.1. The molecule has 1 aromatic heterocycles. The first-order valence-electron chi connectivity index (χ1n) is 4.91. The van der Waals surface area contributed by atoms with Crippen LogP contribution in [0.1, 0.15) is 10.4 Å². The van der Waals surface area contributed by atoms with Gasteiger partial charge in [0.15, 0.2) is 0 Å². The third-order valence-corrected chi connectivity index (χ3v) is 2.32. The summed E-state index contributed by atoms with van der Waals surface area (Å²) in [7, 11) is 0. The molecule has 0 radical (unpaired) electrons. The van der Waals surface area contributed by atoms with Crippen LogP contribution in [0.25, 0.3) is 0 Å². The predicted octanol–water partition coefficient (Wildman–Crippen LogP) is 2.10. The molecule has 0 aliphatic carbocycles. The molecule has 0 unspecified atom stereocenters. The van der Waals surface area contributed by atoms with Gasteiger partial charge in [-0.2, -0.15) is 0 Å². The molecule has 7 heteroatoms. The van der Waals surface area contributed by atoms with Crippen LogP contribution in [-0.2, 0) is 0 Å². The second kappa shape index (κ2) is 4.97. The minimum absolute atomic E-state index is 0.0126. The van der Waals surface area contributed by atoms with Crippen molar-refractivity contribution in [2.75, 3.05) is 11.1 Å². The fourth-order valence-corrected chi connectivity index (χ4v) is 1.43. The van der Waals surface area contributed by atoms with Crippen molar-refractivity contribution in [2.45, 2.75) is 0 Å². The maximum Gasteiger partial charge on any atom is 0.260 e. The van der Waals surface area contributed by atoms with Gasteiger partial charge in [-0.3, -0.25) is 10.1 Å². The molecule has 0 saturated heterocycles. The van der Waals surface area contributed by atoms with Crippen LogP contribution in [0.2, 0.25) is 5.15 Å². The number of carbonyl (C=O) groups is 1. The highest BCUT2D eigenvalue weighted by molar-refractivity contribution is 6.29. The lowest BCUT2D eigenvalue weighted by Gasteiger charge is -2.06. The molecular formula is C11H8ClFN4O. The summed E-state index contributed by atoms with van der Waals surface area (Å²) >= 11 is 5.64. The highest BCUT2D eigenvalue weighted by atomic mass is 35.5. The molecule has 2 rings (SSSR count). The third kappa shape index (κ3) is 2.72. The number of nitrogen functional groups attached to an aromatic ring is 1. The molecule has 0 atom stereocenters. The van der Waals surface area contributed by atoms with E-state index in [1.165, 1.54) is 24.4 Å². The molecule has 1 amide bonds. The first-order valence-corrected chi connectivity index (χ1v) is 5.29. The number of hydrogen-bond acceptors (Lipinski definition) is 4. The molecule has 18 heavy (non-hydrogen) atoms. The summed E-state index contributed by atoms with van der Waals surface area (Å²) in [6.45, 7) is 0. The second-order valence-electron chi connectivity index (χ2n) is 3.39. The largest absolute Gasteiger partial charge is 0.398 e. The standard InChI is InChI=1S/C11H8ClFN4O/c12-9-3-4-15-11(16-9)17-10(18)7-5-6(13)1-2-8(7)14/h1-5H,14H2,(H,15,16,17,18). The molecule has 0 spiro atoms. The van der Waals surface area contributed by atoms with Crippen molar-refractivity contribution in [1.82, 2.24) is 9.97 Å². The lowest BCUT2D eigenvalue weighted by atomic mass is 10.1. The molecule has 2 aromatic rings. The number of benzene rings is 1. The van der Waals surface area contributed by atoms with E-state index in [0.717, 1.165) is 6.07 Å². The Kier molecular flexibility index (Phi) is 3.38. The number of anilines is 2. The Bertz CT molecular complexity index is 605. The number of halogens is 2. The minimum Gasteiger partial charge on any atom is -0.398 e. The first-order chi connectivity index (χ1) is 8.56. The van der Waals surface area contributed by atoms with Crippen molar-refractivity contribution in [2.24, 2.45) is 0 Å². The average Bonchev–Trinajstić information content (AvgIpc) is 2.32. The van der Waals surface area contributed by atoms with Gasteiger partial charge in [0.25, 0.3) is 5.91 Å². The Morgan fingerprint density at radius 2 is 2.17 bits per heavy atom. The van der Waals surface area contributed by atoms with Crippen molar-refractivity contribution >= 4 is 29.1 Å². The summed E-state index contributed by atoms with van der Waals surface area (Å²) < 4.78 is 13.0. The third-order valence-electron chi connectivity index (χ3n) is 2.11. The topological polar surface area (TPSA) is 80.9 Å². The van der Waals surface area contributed by atoms with Gasteiger partial charge in [-0.15, -0.1) is 0 Å². The monoisotopic (exact) mass is 266 g/mol. The van der Waals surface area contributed by atoms with Gasteiger partial charge in [0.05, 0.1) is 5.56 Å². The van der Waals surface area contributed by atoms with Crippen LogP contribution >= 0.6 is 11.6 Å². The van der Waals surface area contributed by atoms with Gasteiger partial charge < -0.3 is 5.73 Å². The van der Waals surface area contributed by atoms with E-state index < -0.39 is 11.7 Å². The fourth-order valence-electron chi connectivity index (χ4n) is 1.29. The summed E-state index contributed by atoms with van der Waals surface area (Å²) in [5.41, 5.74) is 5.75. The molecule has 0 bridgehead atoms. The number of carbonyl (C=O) groups excluding carboxylic acids is 1. The Hall–Kier alpha value is -2.21. The molecule has 0 aliphatic rings. The molecule has 0 saturated carbocycles. The van der Waals surface area contributed by atoms with Gasteiger partial charge in [-0.05, 0) is 24.3 Å². The lowest BCUT2D eigenvalue weighted by molar-refractivity contribution is 0.102. The van der Waals surface area contributed by atoms with E-state index in [1.807, 2.05) is 0 Å². The number of aromatic nitrogens is 2. The second-order valence-corrected chi connectivity index (χ2v) is 3.78. The number of nitrogens with one attached hydrogen (secondary N) is 1. The molecule has 92 valence electrons. The Morgan fingerprint density at radius 3 is 2.89 bits per heavy atom. The molecule has 1 heterocycles. The van der Waals surface area contributed by atoms with Gasteiger partial charge in [0.2, 0.25) is 5.95 Å². The van der Waals surface area contributed by atoms with E-state index in [4.69, 9.17) is 17.3 Å². The van der Waals surface area contributed by atoms with Gasteiger partial charge in [-0.25, -0.2) is 14.4 Å². The van der Waals surface area contributed by atoms with Crippen molar-refractivity contribution in [3.63, 3.8) is 0 Å². The molecule has 3 N–H and O–H groups in total. The Balaban J connectivity index is 2.24. The van der Waals surface area contributed by atoms with E-state index in [0.29, 0.717) is 0 Å². The van der Waals surface area contributed by atoms with Crippen LogP contribution < -0.4 is 11.1 Å². The number of nitrogens with zero attached hydrogens (tertiary/aromatic N) is 2. The van der Waals surface area contributed by atoms with Gasteiger partial charge in [0, 0.05) is 11.9 Å². The highest BCUT2D eigenvalue weighted by Crippen LogP contribution is 2.15. The van der Waals surface area contributed by atoms with Crippen molar-refractivity contribution in [3.8, 4) is 0 Å². The van der Waals surface area contributed by atoms with Gasteiger partial charge >= 0.3 is 0 Å². The number of amides is 1. The zero-order chi connectivity index (χ0) is 13.1. The zero-order valence-electron chi connectivity index (χ0n) is 9.02. The van der Waals surface area contributed by atoms with Gasteiger partial charge in [0.1, 0.15) is 11.0 Å². The van der Waals surface area contributed by atoms with Crippen LogP contribution in [0.5, 0.6) is 0 Å². The van der Waals surface area contributed by atoms with Crippen LogP contribution in [0, 0.1) is 5.82 Å². The maximum absolute atomic E-state index is 13.0. The van der Waals surface area contributed by atoms with E-state index in [2.05, 4.69) is 15.3 Å². The Morgan fingerprint density at radius 1 is 1.39 bits per heavy atom. The van der Waals surface area contributed by atoms with Crippen molar-refractivity contribution < 1.29 is 9.18 Å². The highest BCUT2D eigenvalue weighted by Gasteiger charge is 2.12. The SMILES string of the molecule is Nc1ccc(F)cc1C(=O)Nc1nccc(Cl)n1.